The maximum atomic E-state index is 11.8. The average Bonchev–Trinajstić information content (AvgIpc) is 2.88. The molecule has 0 aliphatic heterocycles. The quantitative estimate of drug-likeness (QED) is 0.821. The fraction of sp³-hybridized carbons (Fsp3) is 0.692. The zero-order chi connectivity index (χ0) is 13.8. The van der Waals surface area contributed by atoms with Crippen molar-refractivity contribution in [1.82, 2.24) is 9.97 Å². The molecule has 0 amide bonds. The van der Waals surface area contributed by atoms with Crippen LogP contribution in [0.1, 0.15) is 26.2 Å². The van der Waals surface area contributed by atoms with Gasteiger partial charge in [0.25, 0.3) is 5.56 Å². The summed E-state index contributed by atoms with van der Waals surface area (Å²) in [5, 5.41) is 0. The van der Waals surface area contributed by atoms with Gasteiger partial charge in [-0.2, -0.15) is 0 Å². The summed E-state index contributed by atoms with van der Waals surface area (Å²) in [6, 6.07) is 0.346. The van der Waals surface area contributed by atoms with Crippen LogP contribution in [0.5, 0.6) is 5.75 Å². The van der Waals surface area contributed by atoms with Gasteiger partial charge in [0.05, 0.1) is 13.4 Å². The van der Waals surface area contributed by atoms with Crippen molar-refractivity contribution in [2.45, 2.75) is 32.2 Å². The summed E-state index contributed by atoms with van der Waals surface area (Å²) < 4.78 is 5.21. The number of nitrogens with one attached hydrogen (secondary N) is 1. The van der Waals surface area contributed by atoms with Crippen LogP contribution in [0.15, 0.2) is 11.1 Å². The predicted molar refractivity (Wildman–Crippen MR) is 74.6 cm³/mol. The Bertz CT molecular complexity index is 474. The fourth-order valence-corrected chi connectivity index (χ4v) is 3.01. The molecule has 0 saturated heterocycles. The Labute approximate surface area is 113 Å². The van der Waals surface area contributed by atoms with E-state index in [1.165, 1.54) is 19.9 Å². The van der Waals surface area contributed by atoms with E-state index in [1.54, 1.807) is 0 Å². The smallest absolute Gasteiger partial charge is 0.295 e. The van der Waals surface area contributed by atoms with Crippen molar-refractivity contribution >= 4 is 5.82 Å². The third-order valence-electron chi connectivity index (χ3n) is 3.93. The summed E-state index contributed by atoms with van der Waals surface area (Å²) in [5.74, 6) is 1.37. The Hall–Kier alpha value is -1.56. The van der Waals surface area contributed by atoms with Crippen molar-refractivity contribution in [3.8, 4) is 5.75 Å². The lowest BCUT2D eigenvalue weighted by molar-refractivity contribution is 0.397. The van der Waals surface area contributed by atoms with E-state index in [2.05, 4.69) is 21.8 Å². The highest BCUT2D eigenvalue weighted by atomic mass is 16.5. The highest BCUT2D eigenvalue weighted by Crippen LogP contribution is 2.33. The monoisotopic (exact) mass is 266 g/mol. The van der Waals surface area contributed by atoms with Crippen LogP contribution in [0.4, 0.5) is 5.82 Å². The van der Waals surface area contributed by atoms with E-state index in [0.29, 0.717) is 24.3 Å². The highest BCUT2D eigenvalue weighted by molar-refractivity contribution is 5.51. The number of ether oxygens (including phenoxy) is 1. The number of rotatable bonds is 5. The topological polar surface area (TPSA) is 84.2 Å². The lowest BCUT2D eigenvalue weighted by Gasteiger charge is -2.33. The van der Waals surface area contributed by atoms with Gasteiger partial charge in [-0.25, -0.2) is 4.98 Å². The van der Waals surface area contributed by atoms with Crippen molar-refractivity contribution in [3.05, 3.63) is 16.7 Å². The van der Waals surface area contributed by atoms with E-state index < -0.39 is 0 Å². The van der Waals surface area contributed by atoms with Crippen LogP contribution >= 0.6 is 0 Å². The van der Waals surface area contributed by atoms with Crippen LogP contribution in [-0.2, 0) is 0 Å². The third kappa shape index (κ3) is 2.58. The van der Waals surface area contributed by atoms with Crippen LogP contribution in [0.2, 0.25) is 0 Å². The standard InChI is InChI=1S/C13H22N4O2/c1-3-17(10-6-4-5-9(10)7-14)12-11(19-2)13(18)16-8-15-12/h8-10H,3-7,14H2,1-2H3,(H,15,16,18). The maximum absolute atomic E-state index is 11.8. The Morgan fingerprint density at radius 3 is 3.00 bits per heavy atom. The molecule has 6 nitrogen and oxygen atoms in total. The van der Waals surface area contributed by atoms with Gasteiger partial charge in [0.2, 0.25) is 5.75 Å². The molecule has 2 rings (SSSR count). The molecule has 2 unspecified atom stereocenters. The summed E-state index contributed by atoms with van der Waals surface area (Å²) in [6.07, 6.45) is 4.83. The van der Waals surface area contributed by atoms with Crippen molar-refractivity contribution in [2.75, 3.05) is 25.1 Å². The molecule has 3 N–H and O–H groups in total. The number of aromatic nitrogens is 2. The van der Waals surface area contributed by atoms with Crippen LogP contribution < -0.4 is 20.9 Å². The van der Waals surface area contributed by atoms with Gasteiger partial charge < -0.3 is 20.4 Å². The minimum Gasteiger partial charge on any atom is -0.489 e. The summed E-state index contributed by atoms with van der Waals surface area (Å²) in [5.41, 5.74) is 5.61. The Morgan fingerprint density at radius 1 is 1.58 bits per heavy atom. The largest absolute Gasteiger partial charge is 0.489 e. The number of aromatic amines is 1. The molecule has 1 aliphatic rings. The van der Waals surface area contributed by atoms with E-state index >= 15 is 0 Å². The first-order valence-corrected chi connectivity index (χ1v) is 6.81. The molecule has 1 saturated carbocycles. The molecular formula is C13H22N4O2. The predicted octanol–water partition coefficient (Wildman–Crippen LogP) is 0.732. The summed E-state index contributed by atoms with van der Waals surface area (Å²) in [6.45, 7) is 3.52. The normalized spacial score (nSPS) is 22.5. The van der Waals surface area contributed by atoms with Crippen LogP contribution in [0, 0.1) is 5.92 Å². The summed E-state index contributed by atoms with van der Waals surface area (Å²) >= 11 is 0. The molecule has 106 valence electrons. The molecule has 6 heteroatoms. The Morgan fingerprint density at radius 2 is 2.37 bits per heavy atom. The van der Waals surface area contributed by atoms with Gasteiger partial charge in [-0.3, -0.25) is 4.79 Å². The van der Waals surface area contributed by atoms with Crippen molar-refractivity contribution in [1.29, 1.82) is 0 Å². The van der Waals surface area contributed by atoms with E-state index in [0.717, 1.165) is 19.4 Å². The van der Waals surface area contributed by atoms with Gasteiger partial charge in [0, 0.05) is 12.6 Å². The molecule has 19 heavy (non-hydrogen) atoms. The molecule has 0 radical (unpaired) electrons. The lowest BCUT2D eigenvalue weighted by Crippen LogP contribution is -2.41. The molecule has 1 aromatic heterocycles. The average molecular weight is 266 g/mol. The zero-order valence-electron chi connectivity index (χ0n) is 11.6. The molecular weight excluding hydrogens is 244 g/mol. The first kappa shape index (κ1) is 13.9. The molecule has 0 aromatic carbocycles. The van der Waals surface area contributed by atoms with Crippen molar-refractivity contribution < 1.29 is 4.74 Å². The van der Waals surface area contributed by atoms with Gasteiger partial charge in [-0.05, 0) is 32.2 Å². The molecule has 0 bridgehead atoms. The minimum absolute atomic E-state index is 0.242. The van der Waals surface area contributed by atoms with E-state index in [9.17, 15) is 4.79 Å². The van der Waals surface area contributed by atoms with Crippen LogP contribution in [-0.4, -0.2) is 36.2 Å². The first-order valence-electron chi connectivity index (χ1n) is 6.81. The molecule has 1 aromatic rings. The second-order valence-corrected chi connectivity index (χ2v) is 4.87. The number of H-pyrrole nitrogens is 1. The lowest BCUT2D eigenvalue weighted by atomic mass is 10.0. The number of nitrogens with two attached hydrogens (primary N) is 1. The van der Waals surface area contributed by atoms with E-state index in [4.69, 9.17) is 10.5 Å². The van der Waals surface area contributed by atoms with Gasteiger partial charge in [-0.15, -0.1) is 0 Å². The fourth-order valence-electron chi connectivity index (χ4n) is 3.01. The first-order chi connectivity index (χ1) is 9.22. The number of hydrogen-bond donors (Lipinski definition) is 2. The molecule has 1 fully saturated rings. The van der Waals surface area contributed by atoms with Gasteiger partial charge in [0.15, 0.2) is 5.82 Å². The van der Waals surface area contributed by atoms with Gasteiger partial charge in [0.1, 0.15) is 0 Å². The van der Waals surface area contributed by atoms with Crippen LogP contribution in [0.3, 0.4) is 0 Å². The second-order valence-electron chi connectivity index (χ2n) is 4.87. The zero-order valence-corrected chi connectivity index (χ0v) is 11.6. The molecule has 1 aliphatic carbocycles. The van der Waals surface area contributed by atoms with Gasteiger partial charge in [-0.1, -0.05) is 6.42 Å². The summed E-state index contributed by atoms with van der Waals surface area (Å²) in [4.78, 5) is 20.8. The molecule has 0 spiro atoms. The Balaban J connectivity index is 2.37. The van der Waals surface area contributed by atoms with Crippen LogP contribution in [0.25, 0.3) is 0 Å². The minimum atomic E-state index is -0.242. The number of anilines is 1. The molecule has 2 atom stereocenters. The van der Waals surface area contributed by atoms with E-state index in [-0.39, 0.29) is 11.3 Å². The van der Waals surface area contributed by atoms with Crippen molar-refractivity contribution in [2.24, 2.45) is 11.7 Å². The second kappa shape index (κ2) is 6.06. The third-order valence-corrected chi connectivity index (χ3v) is 3.93. The highest BCUT2D eigenvalue weighted by Gasteiger charge is 2.32. The van der Waals surface area contributed by atoms with E-state index in [1.807, 2.05) is 0 Å². The Kier molecular flexibility index (Phi) is 4.42. The number of nitrogens with zero attached hydrogens (tertiary/aromatic N) is 2. The van der Waals surface area contributed by atoms with Crippen molar-refractivity contribution in [3.63, 3.8) is 0 Å². The number of hydrogen-bond acceptors (Lipinski definition) is 5. The summed E-state index contributed by atoms with van der Waals surface area (Å²) in [7, 11) is 1.50. The number of methoxy groups -OCH3 is 1. The van der Waals surface area contributed by atoms with Gasteiger partial charge >= 0.3 is 0 Å². The molecule has 1 heterocycles. The SMILES string of the molecule is CCN(c1nc[nH]c(=O)c1OC)C1CCCC1CN. The maximum Gasteiger partial charge on any atom is 0.295 e.